The largest absolute Gasteiger partial charge is 0.328 e. The van der Waals surface area contributed by atoms with Crippen LogP contribution in [0.15, 0.2) is 10.7 Å². The van der Waals surface area contributed by atoms with E-state index in [-0.39, 0.29) is 6.04 Å². The van der Waals surface area contributed by atoms with Crippen LogP contribution in [0.25, 0.3) is 0 Å². The smallest absolute Gasteiger partial charge is 0.169 e. The number of thioether (sulfide) groups is 1. The topological polar surface area (TPSA) is 51.8 Å². The van der Waals surface area contributed by atoms with Crippen molar-refractivity contribution in [3.05, 3.63) is 6.33 Å². The first kappa shape index (κ1) is 8.96. The Hall–Kier alpha value is -0.130. The molecule has 1 aromatic rings. The molecule has 0 saturated heterocycles. The standard InChI is InChI=1S/C6H11N3S2/c1-5(7)2-3-10-6-8-4-9-11-6/h4-5H,2-3,7H2,1H3. The molecule has 1 atom stereocenters. The van der Waals surface area contributed by atoms with Crippen molar-refractivity contribution in [2.24, 2.45) is 5.73 Å². The van der Waals surface area contributed by atoms with Crippen molar-refractivity contribution in [3.63, 3.8) is 0 Å². The minimum atomic E-state index is 0.287. The highest BCUT2D eigenvalue weighted by molar-refractivity contribution is 8.00. The second-order valence-electron chi connectivity index (χ2n) is 2.32. The second kappa shape index (κ2) is 4.69. The van der Waals surface area contributed by atoms with Crippen molar-refractivity contribution in [2.75, 3.05) is 5.75 Å². The van der Waals surface area contributed by atoms with Gasteiger partial charge < -0.3 is 5.73 Å². The summed E-state index contributed by atoms with van der Waals surface area (Å²) in [6, 6.07) is 0.287. The molecule has 0 bridgehead atoms. The second-order valence-corrected chi connectivity index (χ2v) is 4.44. The Labute approximate surface area is 74.6 Å². The van der Waals surface area contributed by atoms with Crippen molar-refractivity contribution in [1.29, 1.82) is 0 Å². The normalized spacial score (nSPS) is 13.3. The van der Waals surface area contributed by atoms with E-state index in [0.717, 1.165) is 16.5 Å². The summed E-state index contributed by atoms with van der Waals surface area (Å²) >= 11 is 3.16. The Balaban J connectivity index is 2.14. The lowest BCUT2D eigenvalue weighted by Crippen LogP contribution is -2.15. The van der Waals surface area contributed by atoms with Gasteiger partial charge in [0.1, 0.15) is 6.33 Å². The fourth-order valence-electron chi connectivity index (χ4n) is 0.559. The highest BCUT2D eigenvalue weighted by Gasteiger charge is 1.98. The highest BCUT2D eigenvalue weighted by atomic mass is 32.2. The Morgan fingerprint density at radius 2 is 2.64 bits per heavy atom. The van der Waals surface area contributed by atoms with Crippen LogP contribution in [0.5, 0.6) is 0 Å². The molecule has 0 aromatic carbocycles. The van der Waals surface area contributed by atoms with Crippen LogP contribution in [-0.4, -0.2) is 21.2 Å². The number of aromatic nitrogens is 2. The van der Waals surface area contributed by atoms with Crippen LogP contribution in [0, 0.1) is 0 Å². The molecule has 0 aliphatic heterocycles. The quantitative estimate of drug-likeness (QED) is 0.727. The summed E-state index contributed by atoms with van der Waals surface area (Å²) in [6.45, 7) is 2.01. The van der Waals surface area contributed by atoms with Crippen molar-refractivity contribution in [1.82, 2.24) is 9.36 Å². The zero-order valence-corrected chi connectivity index (χ0v) is 7.99. The van der Waals surface area contributed by atoms with Gasteiger partial charge in [0, 0.05) is 11.8 Å². The Bertz CT molecular complexity index is 186. The van der Waals surface area contributed by atoms with E-state index in [0.29, 0.717) is 0 Å². The molecule has 1 heterocycles. The van der Waals surface area contributed by atoms with Gasteiger partial charge in [-0.15, -0.1) is 0 Å². The van der Waals surface area contributed by atoms with Gasteiger partial charge in [0.25, 0.3) is 0 Å². The van der Waals surface area contributed by atoms with Gasteiger partial charge in [0.05, 0.1) is 0 Å². The summed E-state index contributed by atoms with van der Waals surface area (Å²) in [7, 11) is 0. The van der Waals surface area contributed by atoms with Crippen LogP contribution in [0.2, 0.25) is 0 Å². The molecule has 0 spiro atoms. The summed E-state index contributed by atoms with van der Waals surface area (Å²) < 4.78 is 4.93. The van der Waals surface area contributed by atoms with Crippen LogP contribution in [0.4, 0.5) is 0 Å². The van der Waals surface area contributed by atoms with E-state index in [2.05, 4.69) is 9.36 Å². The van der Waals surface area contributed by atoms with Gasteiger partial charge >= 0.3 is 0 Å². The fourth-order valence-corrected chi connectivity index (χ4v) is 2.21. The SMILES string of the molecule is CC(N)CCSc1ncns1. The molecule has 1 aromatic heterocycles. The molecule has 0 aliphatic rings. The average molecular weight is 189 g/mol. The molecule has 0 saturated carbocycles. The average Bonchev–Trinajstić information content (AvgIpc) is 2.39. The number of hydrogen-bond acceptors (Lipinski definition) is 5. The zero-order chi connectivity index (χ0) is 8.10. The maximum atomic E-state index is 5.59. The van der Waals surface area contributed by atoms with E-state index in [9.17, 15) is 0 Å². The van der Waals surface area contributed by atoms with Gasteiger partial charge in [-0.1, -0.05) is 11.8 Å². The van der Waals surface area contributed by atoms with Gasteiger partial charge in [-0.2, -0.15) is 4.37 Å². The van der Waals surface area contributed by atoms with Gasteiger partial charge in [0.15, 0.2) is 4.34 Å². The van der Waals surface area contributed by atoms with Crippen molar-refractivity contribution < 1.29 is 0 Å². The lowest BCUT2D eigenvalue weighted by atomic mass is 10.3. The highest BCUT2D eigenvalue weighted by Crippen LogP contribution is 2.18. The molecule has 0 aliphatic carbocycles. The first-order valence-electron chi connectivity index (χ1n) is 3.44. The van der Waals surface area contributed by atoms with Crippen molar-refractivity contribution >= 4 is 23.3 Å². The third-order valence-corrected chi connectivity index (χ3v) is 2.97. The lowest BCUT2D eigenvalue weighted by Gasteiger charge is -2.00. The number of hydrogen-bond donors (Lipinski definition) is 1. The predicted molar refractivity (Wildman–Crippen MR) is 48.9 cm³/mol. The van der Waals surface area contributed by atoms with Crippen molar-refractivity contribution in [3.8, 4) is 0 Å². The molecule has 5 heteroatoms. The Morgan fingerprint density at radius 1 is 1.82 bits per heavy atom. The van der Waals surface area contributed by atoms with E-state index in [4.69, 9.17) is 5.73 Å². The third-order valence-electron chi connectivity index (χ3n) is 1.14. The van der Waals surface area contributed by atoms with E-state index in [1.165, 1.54) is 11.5 Å². The molecule has 11 heavy (non-hydrogen) atoms. The summed E-state index contributed by atoms with van der Waals surface area (Å²) in [5.41, 5.74) is 5.59. The number of nitrogens with two attached hydrogens (primary N) is 1. The van der Waals surface area contributed by atoms with Crippen LogP contribution in [0.3, 0.4) is 0 Å². The van der Waals surface area contributed by atoms with Gasteiger partial charge in [-0.05, 0) is 24.9 Å². The molecule has 3 nitrogen and oxygen atoms in total. The molecule has 0 fully saturated rings. The van der Waals surface area contributed by atoms with E-state index in [1.807, 2.05) is 6.92 Å². The zero-order valence-electron chi connectivity index (χ0n) is 6.36. The van der Waals surface area contributed by atoms with Crippen molar-refractivity contribution in [2.45, 2.75) is 23.7 Å². The maximum absolute atomic E-state index is 5.59. The summed E-state index contributed by atoms with van der Waals surface area (Å²) in [5, 5.41) is 0. The molecule has 62 valence electrons. The lowest BCUT2D eigenvalue weighted by molar-refractivity contribution is 0.721. The summed E-state index contributed by atoms with van der Waals surface area (Å²) in [5.74, 6) is 1.03. The first-order chi connectivity index (χ1) is 5.29. The van der Waals surface area contributed by atoms with Gasteiger partial charge in [-0.25, -0.2) is 4.98 Å². The van der Waals surface area contributed by atoms with Crippen LogP contribution in [-0.2, 0) is 0 Å². The number of nitrogens with zero attached hydrogens (tertiary/aromatic N) is 2. The fraction of sp³-hybridized carbons (Fsp3) is 0.667. The first-order valence-corrected chi connectivity index (χ1v) is 5.20. The van der Waals surface area contributed by atoms with E-state index >= 15 is 0 Å². The minimum absolute atomic E-state index is 0.287. The Kier molecular flexibility index (Phi) is 3.82. The van der Waals surface area contributed by atoms with Crippen LogP contribution in [0.1, 0.15) is 13.3 Å². The predicted octanol–water partition coefficient (Wildman–Crippen LogP) is 1.37. The molecular weight excluding hydrogens is 178 g/mol. The summed E-state index contributed by atoms with van der Waals surface area (Å²) in [4.78, 5) is 4.04. The molecule has 0 amide bonds. The molecule has 1 rings (SSSR count). The maximum Gasteiger partial charge on any atom is 0.169 e. The van der Waals surface area contributed by atoms with Crippen LogP contribution >= 0.6 is 23.3 Å². The van der Waals surface area contributed by atoms with Gasteiger partial charge in [0.2, 0.25) is 0 Å². The molecule has 1 unspecified atom stereocenters. The monoisotopic (exact) mass is 189 g/mol. The van der Waals surface area contributed by atoms with Crippen LogP contribution < -0.4 is 5.73 Å². The molecule has 0 radical (unpaired) electrons. The summed E-state index contributed by atoms with van der Waals surface area (Å²) in [6.07, 6.45) is 2.61. The number of rotatable bonds is 4. The van der Waals surface area contributed by atoms with E-state index in [1.54, 1.807) is 18.1 Å². The molecule has 2 N–H and O–H groups in total. The van der Waals surface area contributed by atoms with E-state index < -0.39 is 0 Å². The molecular formula is C6H11N3S2. The Morgan fingerprint density at radius 3 is 3.18 bits per heavy atom. The third kappa shape index (κ3) is 3.69. The van der Waals surface area contributed by atoms with Gasteiger partial charge in [-0.3, -0.25) is 0 Å². The minimum Gasteiger partial charge on any atom is -0.328 e.